The standard InChI is InChI=1S/C34H36F2N4OS.2ClH.H2O/c35-28-15-14-26(19-29(28)36)27-22-40(21-25-12-6-2-7-13-25)32(41)20-34(27,30-23-42-33(37)38-30)31(39-16-8-3-9-17-39)18-24-10-4-1-5-11-24;;;/h1-2,4-7,10-15,19,23,27,31H,3,8-9,16-18,20-22H2,(H2,37,38);2*1H;1H2. The number of nitrogen functional groups attached to an aromatic ring is 1. The average molecular weight is 678 g/mol. The summed E-state index contributed by atoms with van der Waals surface area (Å²) in [5.41, 5.74) is 9.07. The van der Waals surface area contributed by atoms with Crippen molar-refractivity contribution in [3.63, 3.8) is 0 Å². The fourth-order valence-corrected chi connectivity index (χ4v) is 7.71. The Bertz CT molecular complexity index is 1530. The molecule has 3 aromatic carbocycles. The van der Waals surface area contributed by atoms with Gasteiger partial charge in [0.05, 0.1) is 5.69 Å². The smallest absolute Gasteiger partial charge is 0.223 e. The lowest BCUT2D eigenvalue weighted by Crippen LogP contribution is -2.62. The molecule has 0 aliphatic carbocycles. The SMILES string of the molecule is Cl.Cl.Nc1nc(C2(C(Cc3ccccc3)N3CCCCC3)CC(=O)N(Cc3ccccc3)CC2c2ccc(F)c(F)c2)cs1.O. The fraction of sp³-hybridized carbons (Fsp3) is 0.353. The van der Waals surface area contributed by atoms with E-state index in [0.29, 0.717) is 30.2 Å². The molecular weight excluding hydrogens is 637 g/mol. The van der Waals surface area contributed by atoms with Crippen molar-refractivity contribution in [1.29, 1.82) is 0 Å². The first-order chi connectivity index (χ1) is 20.4. The van der Waals surface area contributed by atoms with Crippen LogP contribution in [0.2, 0.25) is 0 Å². The van der Waals surface area contributed by atoms with Crippen molar-refractivity contribution in [1.82, 2.24) is 14.8 Å². The summed E-state index contributed by atoms with van der Waals surface area (Å²) < 4.78 is 29.2. The third-order valence-corrected chi connectivity index (χ3v) is 9.75. The summed E-state index contributed by atoms with van der Waals surface area (Å²) >= 11 is 1.36. The molecule has 2 fully saturated rings. The number of hydrogen-bond donors (Lipinski definition) is 1. The van der Waals surface area contributed by atoms with E-state index in [1.807, 2.05) is 58.8 Å². The second kappa shape index (κ2) is 16.0. The molecule has 0 bridgehead atoms. The molecule has 45 heavy (non-hydrogen) atoms. The molecule has 2 aliphatic rings. The van der Waals surface area contributed by atoms with Crippen LogP contribution in [0, 0.1) is 11.6 Å². The minimum Gasteiger partial charge on any atom is -0.412 e. The number of halogens is 4. The van der Waals surface area contributed by atoms with E-state index in [4.69, 9.17) is 10.7 Å². The summed E-state index contributed by atoms with van der Waals surface area (Å²) in [7, 11) is 0. The Morgan fingerprint density at radius 3 is 2.16 bits per heavy atom. The van der Waals surface area contributed by atoms with E-state index in [-0.39, 0.29) is 54.6 Å². The Kier molecular flexibility index (Phi) is 12.9. The molecule has 3 unspecified atom stereocenters. The summed E-state index contributed by atoms with van der Waals surface area (Å²) in [4.78, 5) is 23.5. The maximum atomic E-state index is 14.9. The van der Waals surface area contributed by atoms with Crippen molar-refractivity contribution in [2.45, 2.75) is 56.0 Å². The third kappa shape index (κ3) is 7.67. The molecule has 11 heteroatoms. The monoisotopic (exact) mass is 676 g/mol. The first-order valence-electron chi connectivity index (χ1n) is 14.7. The zero-order valence-electron chi connectivity index (χ0n) is 24.9. The lowest BCUT2D eigenvalue weighted by atomic mass is 9.59. The highest BCUT2D eigenvalue weighted by atomic mass is 35.5. The number of piperidine rings is 2. The highest BCUT2D eigenvalue weighted by molar-refractivity contribution is 7.13. The first kappa shape index (κ1) is 36.4. The molecule has 1 aromatic heterocycles. The predicted octanol–water partition coefficient (Wildman–Crippen LogP) is 6.57. The van der Waals surface area contributed by atoms with Crippen LogP contribution < -0.4 is 5.73 Å². The van der Waals surface area contributed by atoms with Crippen LogP contribution in [0.5, 0.6) is 0 Å². The normalized spacial score (nSPS) is 20.8. The van der Waals surface area contributed by atoms with Crippen LogP contribution in [0.4, 0.5) is 13.9 Å². The summed E-state index contributed by atoms with van der Waals surface area (Å²) in [6, 6.07) is 24.3. The Morgan fingerprint density at radius 2 is 1.56 bits per heavy atom. The van der Waals surface area contributed by atoms with Gasteiger partial charge in [-0.2, -0.15) is 0 Å². The van der Waals surface area contributed by atoms with Crippen LogP contribution in [-0.4, -0.2) is 51.8 Å². The molecule has 6 nitrogen and oxygen atoms in total. The number of anilines is 1. The number of nitrogens with two attached hydrogens (primary N) is 1. The minimum atomic E-state index is -0.886. The van der Waals surface area contributed by atoms with Crippen molar-refractivity contribution < 1.29 is 19.1 Å². The molecule has 0 saturated carbocycles. The number of nitrogens with zero attached hydrogens (tertiary/aromatic N) is 3. The molecule has 6 rings (SSSR count). The first-order valence-corrected chi connectivity index (χ1v) is 15.6. The van der Waals surface area contributed by atoms with E-state index < -0.39 is 17.0 Å². The maximum absolute atomic E-state index is 14.9. The average Bonchev–Trinajstić information content (AvgIpc) is 3.46. The van der Waals surface area contributed by atoms with E-state index in [1.165, 1.54) is 35.5 Å². The van der Waals surface area contributed by atoms with Gasteiger partial charge in [0, 0.05) is 42.3 Å². The van der Waals surface area contributed by atoms with Crippen molar-refractivity contribution in [2.24, 2.45) is 0 Å². The summed E-state index contributed by atoms with van der Waals surface area (Å²) in [5.74, 6) is -2.08. The predicted molar refractivity (Wildman–Crippen MR) is 181 cm³/mol. The van der Waals surface area contributed by atoms with Gasteiger partial charge < -0.3 is 16.1 Å². The molecule has 242 valence electrons. The zero-order chi connectivity index (χ0) is 29.1. The van der Waals surface area contributed by atoms with Gasteiger partial charge >= 0.3 is 0 Å². The molecule has 4 N–H and O–H groups in total. The van der Waals surface area contributed by atoms with E-state index in [9.17, 15) is 13.6 Å². The second-order valence-electron chi connectivity index (χ2n) is 11.6. The minimum absolute atomic E-state index is 0. The van der Waals surface area contributed by atoms with Gasteiger partial charge in [-0.25, -0.2) is 13.8 Å². The number of carbonyl (C=O) groups excluding carboxylic acids is 1. The van der Waals surface area contributed by atoms with Gasteiger partial charge in [0.1, 0.15) is 0 Å². The van der Waals surface area contributed by atoms with Crippen LogP contribution in [0.1, 0.15) is 54.0 Å². The van der Waals surface area contributed by atoms with Crippen LogP contribution in [0.3, 0.4) is 0 Å². The summed E-state index contributed by atoms with van der Waals surface area (Å²) in [6.45, 7) is 2.62. The van der Waals surface area contributed by atoms with Gasteiger partial charge in [-0.15, -0.1) is 36.2 Å². The molecular formula is C34H40Cl2F2N4O2S. The molecule has 0 radical (unpaired) electrons. The van der Waals surface area contributed by atoms with Crippen LogP contribution in [0.25, 0.3) is 0 Å². The van der Waals surface area contributed by atoms with Gasteiger partial charge in [-0.3, -0.25) is 9.69 Å². The van der Waals surface area contributed by atoms with Crippen LogP contribution in [-0.2, 0) is 23.2 Å². The van der Waals surface area contributed by atoms with E-state index in [1.54, 1.807) is 6.07 Å². The lowest BCUT2D eigenvalue weighted by molar-refractivity contribution is -0.139. The third-order valence-electron chi connectivity index (χ3n) is 9.08. The van der Waals surface area contributed by atoms with Gasteiger partial charge in [-0.1, -0.05) is 73.2 Å². The van der Waals surface area contributed by atoms with Gasteiger partial charge in [-0.05, 0) is 61.2 Å². The van der Waals surface area contributed by atoms with Crippen LogP contribution >= 0.6 is 36.2 Å². The zero-order valence-corrected chi connectivity index (χ0v) is 27.4. The lowest BCUT2D eigenvalue weighted by Gasteiger charge is -2.54. The molecule has 2 saturated heterocycles. The van der Waals surface area contributed by atoms with Gasteiger partial charge in [0.25, 0.3) is 0 Å². The van der Waals surface area contributed by atoms with Gasteiger partial charge in [0.15, 0.2) is 16.8 Å². The Morgan fingerprint density at radius 1 is 0.911 bits per heavy atom. The summed E-state index contributed by atoms with van der Waals surface area (Å²) in [6.07, 6.45) is 4.21. The topological polar surface area (TPSA) is 94.0 Å². The van der Waals surface area contributed by atoms with E-state index in [0.717, 1.165) is 37.2 Å². The number of rotatable bonds is 8. The number of amides is 1. The van der Waals surface area contributed by atoms with Crippen molar-refractivity contribution in [2.75, 3.05) is 25.4 Å². The Balaban J connectivity index is 0.00000184. The Hall–Kier alpha value is -3.08. The molecule has 1 amide bonds. The van der Waals surface area contributed by atoms with Crippen molar-refractivity contribution in [3.8, 4) is 0 Å². The van der Waals surface area contributed by atoms with Crippen molar-refractivity contribution in [3.05, 3.63) is 118 Å². The molecule has 3 atom stereocenters. The van der Waals surface area contributed by atoms with E-state index >= 15 is 0 Å². The molecule has 4 aromatic rings. The number of thiazole rings is 1. The highest BCUT2D eigenvalue weighted by Gasteiger charge is 2.56. The second-order valence-corrected chi connectivity index (χ2v) is 12.5. The maximum Gasteiger partial charge on any atom is 0.223 e. The molecule has 0 spiro atoms. The number of likely N-dealkylation sites (tertiary alicyclic amines) is 2. The highest BCUT2D eigenvalue weighted by Crippen LogP contribution is 2.51. The Labute approximate surface area is 279 Å². The number of benzene rings is 3. The number of hydrogen-bond acceptors (Lipinski definition) is 5. The quantitative estimate of drug-likeness (QED) is 0.228. The number of aromatic nitrogens is 1. The molecule has 2 aliphatic heterocycles. The number of carbonyl (C=O) groups is 1. The largest absolute Gasteiger partial charge is 0.412 e. The van der Waals surface area contributed by atoms with Crippen molar-refractivity contribution >= 4 is 47.2 Å². The van der Waals surface area contributed by atoms with E-state index in [2.05, 4.69) is 17.0 Å². The van der Waals surface area contributed by atoms with Crippen LogP contribution in [0.15, 0.2) is 84.2 Å². The summed E-state index contributed by atoms with van der Waals surface area (Å²) in [5, 5.41) is 2.41. The fourth-order valence-electron chi connectivity index (χ4n) is 7.05. The van der Waals surface area contributed by atoms with Gasteiger partial charge in [0.2, 0.25) is 5.91 Å². The molecule has 3 heterocycles.